The number of rotatable bonds is 3. The third-order valence-corrected chi connectivity index (χ3v) is 3.75. The molecule has 0 atom stereocenters. The molecule has 1 fully saturated rings. The van der Waals surface area contributed by atoms with Crippen molar-refractivity contribution >= 4 is 5.78 Å². The van der Waals surface area contributed by atoms with E-state index in [9.17, 15) is 4.79 Å². The van der Waals surface area contributed by atoms with Crippen molar-refractivity contribution in [3.63, 3.8) is 0 Å². The second kappa shape index (κ2) is 4.40. The standard InChI is InChI=1S/C13H20N2O/c1-3-15-11(7-10-14-15)12(16)13(2)8-5-4-6-9-13/h7,10H,3-6,8-9H2,1-2H3. The molecule has 0 aliphatic heterocycles. The summed E-state index contributed by atoms with van der Waals surface area (Å²) in [7, 11) is 0. The van der Waals surface area contributed by atoms with Crippen LogP contribution in [0, 0.1) is 5.41 Å². The van der Waals surface area contributed by atoms with Crippen LogP contribution in [0.5, 0.6) is 0 Å². The van der Waals surface area contributed by atoms with Gasteiger partial charge in [-0.25, -0.2) is 0 Å². The lowest BCUT2D eigenvalue weighted by atomic mass is 9.72. The molecule has 1 aromatic heterocycles. The Labute approximate surface area is 96.8 Å². The third-order valence-electron chi connectivity index (χ3n) is 3.75. The molecule has 1 aliphatic rings. The molecule has 0 unspecified atom stereocenters. The number of nitrogens with zero attached hydrogens (tertiary/aromatic N) is 2. The topological polar surface area (TPSA) is 34.9 Å². The first kappa shape index (κ1) is 11.4. The van der Waals surface area contributed by atoms with E-state index in [2.05, 4.69) is 12.0 Å². The summed E-state index contributed by atoms with van der Waals surface area (Å²) < 4.78 is 1.81. The third kappa shape index (κ3) is 1.91. The summed E-state index contributed by atoms with van der Waals surface area (Å²) in [5, 5.41) is 4.18. The molecule has 2 rings (SSSR count). The molecule has 3 nitrogen and oxygen atoms in total. The average molecular weight is 220 g/mol. The van der Waals surface area contributed by atoms with Crippen LogP contribution in [0.15, 0.2) is 12.3 Å². The zero-order valence-corrected chi connectivity index (χ0v) is 10.2. The van der Waals surface area contributed by atoms with Gasteiger partial charge < -0.3 is 0 Å². The van der Waals surface area contributed by atoms with Crippen LogP contribution in [0.25, 0.3) is 0 Å². The van der Waals surface area contributed by atoms with Crippen LogP contribution in [0.2, 0.25) is 0 Å². The first-order valence-electron chi connectivity index (χ1n) is 6.24. The summed E-state index contributed by atoms with van der Waals surface area (Å²) in [6, 6.07) is 1.85. The van der Waals surface area contributed by atoms with Gasteiger partial charge in [-0.2, -0.15) is 5.10 Å². The van der Waals surface area contributed by atoms with Crippen LogP contribution in [-0.2, 0) is 6.54 Å². The summed E-state index contributed by atoms with van der Waals surface area (Å²) in [6.07, 6.45) is 7.42. The largest absolute Gasteiger partial charge is 0.292 e. The molecule has 1 heterocycles. The molecule has 16 heavy (non-hydrogen) atoms. The molecule has 0 saturated heterocycles. The van der Waals surface area contributed by atoms with E-state index >= 15 is 0 Å². The molecule has 0 N–H and O–H groups in total. The van der Waals surface area contributed by atoms with Gasteiger partial charge in [-0.3, -0.25) is 9.48 Å². The molecule has 1 aromatic rings. The Balaban J connectivity index is 2.24. The maximum absolute atomic E-state index is 12.5. The van der Waals surface area contributed by atoms with Crippen molar-refractivity contribution < 1.29 is 4.79 Å². The summed E-state index contributed by atoms with van der Waals surface area (Å²) >= 11 is 0. The first-order valence-corrected chi connectivity index (χ1v) is 6.24. The van der Waals surface area contributed by atoms with E-state index in [0.717, 1.165) is 25.1 Å². The van der Waals surface area contributed by atoms with Crippen molar-refractivity contribution in [1.29, 1.82) is 0 Å². The van der Waals surface area contributed by atoms with E-state index in [1.165, 1.54) is 19.3 Å². The molecule has 88 valence electrons. The summed E-state index contributed by atoms with van der Waals surface area (Å²) in [5.74, 6) is 0.284. The number of aromatic nitrogens is 2. The molecule has 1 saturated carbocycles. The highest BCUT2D eigenvalue weighted by Gasteiger charge is 2.36. The summed E-state index contributed by atoms with van der Waals surface area (Å²) in [4.78, 5) is 12.5. The SMILES string of the molecule is CCn1nccc1C(=O)C1(C)CCCCC1. The van der Waals surface area contributed by atoms with Crippen LogP contribution in [0.4, 0.5) is 0 Å². The van der Waals surface area contributed by atoms with Gasteiger partial charge in [0.1, 0.15) is 5.69 Å². The number of ketones is 1. The second-order valence-electron chi connectivity index (χ2n) is 4.98. The van der Waals surface area contributed by atoms with Crippen molar-refractivity contribution in [2.24, 2.45) is 5.41 Å². The van der Waals surface area contributed by atoms with Crippen LogP contribution in [0.1, 0.15) is 56.4 Å². The van der Waals surface area contributed by atoms with Crippen molar-refractivity contribution in [1.82, 2.24) is 9.78 Å². The molecule has 0 spiro atoms. The van der Waals surface area contributed by atoms with E-state index in [4.69, 9.17) is 0 Å². The zero-order valence-electron chi connectivity index (χ0n) is 10.2. The highest BCUT2D eigenvalue weighted by atomic mass is 16.1. The predicted octanol–water partition coefficient (Wildman–Crippen LogP) is 3.06. The predicted molar refractivity (Wildman–Crippen MR) is 63.4 cm³/mol. The highest BCUT2D eigenvalue weighted by Crippen LogP contribution is 2.38. The minimum atomic E-state index is -0.148. The Morgan fingerprint density at radius 3 is 2.75 bits per heavy atom. The van der Waals surface area contributed by atoms with Crippen LogP contribution < -0.4 is 0 Å². The number of hydrogen-bond donors (Lipinski definition) is 0. The summed E-state index contributed by atoms with van der Waals surface area (Å²) in [6.45, 7) is 4.90. The normalized spacial score (nSPS) is 19.6. The molecule has 0 radical (unpaired) electrons. The van der Waals surface area contributed by atoms with Gasteiger partial charge in [0.15, 0.2) is 5.78 Å². The van der Waals surface area contributed by atoms with Crippen molar-refractivity contribution in [3.05, 3.63) is 18.0 Å². The first-order chi connectivity index (χ1) is 7.67. The maximum Gasteiger partial charge on any atom is 0.186 e. The Hall–Kier alpha value is -1.12. The molecule has 0 bridgehead atoms. The Bertz CT molecular complexity index is 375. The lowest BCUT2D eigenvalue weighted by Crippen LogP contribution is -2.32. The zero-order chi connectivity index (χ0) is 11.6. The van der Waals surface area contributed by atoms with E-state index in [0.29, 0.717) is 0 Å². The van der Waals surface area contributed by atoms with Gasteiger partial charge >= 0.3 is 0 Å². The minimum Gasteiger partial charge on any atom is -0.292 e. The van der Waals surface area contributed by atoms with E-state index in [1.54, 1.807) is 6.20 Å². The number of hydrogen-bond acceptors (Lipinski definition) is 2. The highest BCUT2D eigenvalue weighted by molar-refractivity contribution is 5.98. The Kier molecular flexibility index (Phi) is 3.13. The summed E-state index contributed by atoms with van der Waals surface area (Å²) in [5.41, 5.74) is 0.637. The van der Waals surface area contributed by atoms with Gasteiger partial charge in [-0.1, -0.05) is 26.2 Å². The van der Waals surface area contributed by atoms with Gasteiger partial charge in [0.25, 0.3) is 0 Å². The fourth-order valence-electron chi connectivity index (χ4n) is 2.65. The molecule has 1 aliphatic carbocycles. The second-order valence-corrected chi connectivity index (χ2v) is 4.98. The van der Waals surface area contributed by atoms with Gasteiger partial charge in [0, 0.05) is 18.2 Å². The smallest absolute Gasteiger partial charge is 0.186 e. The fourth-order valence-corrected chi connectivity index (χ4v) is 2.65. The van der Waals surface area contributed by atoms with E-state index in [1.807, 2.05) is 17.7 Å². The Morgan fingerprint density at radius 1 is 1.44 bits per heavy atom. The number of Topliss-reactive ketones (excluding diaryl/α,β-unsaturated/α-hetero) is 1. The molecular formula is C13H20N2O. The van der Waals surface area contributed by atoms with Crippen LogP contribution in [-0.4, -0.2) is 15.6 Å². The quantitative estimate of drug-likeness (QED) is 0.734. The van der Waals surface area contributed by atoms with Crippen molar-refractivity contribution in [2.75, 3.05) is 0 Å². The number of carbonyl (C=O) groups excluding carboxylic acids is 1. The lowest BCUT2D eigenvalue weighted by Gasteiger charge is -2.31. The van der Waals surface area contributed by atoms with Crippen molar-refractivity contribution in [3.8, 4) is 0 Å². The number of carbonyl (C=O) groups is 1. The molecule has 0 aromatic carbocycles. The van der Waals surface area contributed by atoms with E-state index in [-0.39, 0.29) is 11.2 Å². The molecule has 3 heteroatoms. The average Bonchev–Trinajstić information content (AvgIpc) is 2.77. The Morgan fingerprint density at radius 2 is 2.12 bits per heavy atom. The maximum atomic E-state index is 12.5. The van der Waals surface area contributed by atoms with E-state index < -0.39 is 0 Å². The lowest BCUT2D eigenvalue weighted by molar-refractivity contribution is 0.0737. The van der Waals surface area contributed by atoms with Gasteiger partial charge in [-0.05, 0) is 25.8 Å². The molecular weight excluding hydrogens is 200 g/mol. The van der Waals surface area contributed by atoms with Crippen LogP contribution in [0.3, 0.4) is 0 Å². The van der Waals surface area contributed by atoms with Gasteiger partial charge in [0.2, 0.25) is 0 Å². The minimum absolute atomic E-state index is 0.148. The molecule has 0 amide bonds. The van der Waals surface area contributed by atoms with Crippen LogP contribution >= 0.6 is 0 Å². The van der Waals surface area contributed by atoms with Crippen molar-refractivity contribution in [2.45, 2.75) is 52.5 Å². The fraction of sp³-hybridized carbons (Fsp3) is 0.692. The monoisotopic (exact) mass is 220 g/mol. The number of aryl methyl sites for hydroxylation is 1. The van der Waals surface area contributed by atoms with Gasteiger partial charge in [-0.15, -0.1) is 0 Å². The van der Waals surface area contributed by atoms with Gasteiger partial charge in [0.05, 0.1) is 0 Å².